The Morgan fingerprint density at radius 1 is 1.10 bits per heavy atom. The molecule has 0 aliphatic carbocycles. The molecule has 116 valence electrons. The number of benzene rings is 1. The van der Waals surface area contributed by atoms with Crippen LogP contribution in [-0.2, 0) is 14.6 Å². The lowest BCUT2D eigenvalue weighted by atomic mass is 10.2. The molecule has 1 fully saturated rings. The minimum absolute atomic E-state index is 0.000415. The highest BCUT2D eigenvalue weighted by atomic mass is 32.2. The number of rotatable bonds is 3. The fraction of sp³-hybridized carbons (Fsp3) is 0.533. The van der Waals surface area contributed by atoms with E-state index < -0.39 is 15.1 Å². The lowest BCUT2D eigenvalue weighted by Gasteiger charge is -2.24. The summed E-state index contributed by atoms with van der Waals surface area (Å²) in [5.74, 6) is -0.328. The number of phenolic OH excluding ortho intramolecular Hbond substituents is 1. The molecular formula is C15H21NO4S. The summed E-state index contributed by atoms with van der Waals surface area (Å²) in [5, 5.41) is 8.14. The van der Waals surface area contributed by atoms with Gasteiger partial charge in [0.05, 0.1) is 4.90 Å². The first-order valence-electron chi connectivity index (χ1n) is 7.24. The molecule has 1 amide bonds. The van der Waals surface area contributed by atoms with Crippen molar-refractivity contribution in [2.75, 3.05) is 13.1 Å². The second-order valence-electron chi connectivity index (χ2n) is 5.42. The zero-order valence-corrected chi connectivity index (χ0v) is 13.0. The maximum Gasteiger partial charge on any atom is 0.241 e. The van der Waals surface area contributed by atoms with Crippen molar-refractivity contribution in [3.63, 3.8) is 0 Å². The van der Waals surface area contributed by atoms with Crippen molar-refractivity contribution in [3.8, 4) is 5.75 Å². The van der Waals surface area contributed by atoms with Crippen LogP contribution in [0.15, 0.2) is 29.2 Å². The van der Waals surface area contributed by atoms with E-state index in [-0.39, 0.29) is 16.6 Å². The Bertz CT molecular complexity index is 587. The van der Waals surface area contributed by atoms with Gasteiger partial charge in [-0.05, 0) is 44.0 Å². The van der Waals surface area contributed by atoms with Crippen LogP contribution in [0, 0.1) is 0 Å². The normalized spacial score (nSPS) is 18.0. The molecule has 1 N–H and O–H groups in total. The van der Waals surface area contributed by atoms with E-state index >= 15 is 0 Å². The number of nitrogens with zero attached hydrogens (tertiary/aromatic N) is 1. The van der Waals surface area contributed by atoms with Crippen molar-refractivity contribution >= 4 is 15.7 Å². The highest BCUT2D eigenvalue weighted by Gasteiger charge is 2.33. The average molecular weight is 311 g/mol. The molecule has 0 bridgehead atoms. The van der Waals surface area contributed by atoms with Crippen molar-refractivity contribution in [1.29, 1.82) is 0 Å². The zero-order valence-electron chi connectivity index (χ0n) is 12.2. The Morgan fingerprint density at radius 3 is 2.14 bits per heavy atom. The Hall–Kier alpha value is -1.56. The van der Waals surface area contributed by atoms with Gasteiger partial charge in [0.1, 0.15) is 11.0 Å². The smallest absolute Gasteiger partial charge is 0.241 e. The zero-order chi connectivity index (χ0) is 15.5. The van der Waals surface area contributed by atoms with E-state index in [9.17, 15) is 18.3 Å². The third-order valence-electron chi connectivity index (χ3n) is 3.90. The third kappa shape index (κ3) is 3.56. The molecule has 1 aromatic carbocycles. The van der Waals surface area contributed by atoms with Crippen LogP contribution in [0.1, 0.15) is 32.6 Å². The summed E-state index contributed by atoms with van der Waals surface area (Å²) < 4.78 is 25.0. The average Bonchev–Trinajstić information content (AvgIpc) is 2.75. The summed E-state index contributed by atoms with van der Waals surface area (Å²) in [6.45, 7) is 2.71. The molecule has 1 aliphatic heterocycles. The van der Waals surface area contributed by atoms with Crippen molar-refractivity contribution in [2.24, 2.45) is 0 Å². The molecule has 5 nitrogen and oxygen atoms in total. The Labute approximate surface area is 125 Å². The maximum absolute atomic E-state index is 12.5. The number of carbonyl (C=O) groups excluding carboxylic acids is 1. The van der Waals surface area contributed by atoms with Gasteiger partial charge in [-0.1, -0.05) is 12.8 Å². The summed E-state index contributed by atoms with van der Waals surface area (Å²) in [4.78, 5) is 14.2. The molecule has 1 atom stereocenters. The molecule has 1 heterocycles. The van der Waals surface area contributed by atoms with Gasteiger partial charge < -0.3 is 10.0 Å². The first kappa shape index (κ1) is 15.8. The Kier molecular flexibility index (Phi) is 4.88. The quantitative estimate of drug-likeness (QED) is 0.926. The topological polar surface area (TPSA) is 74.7 Å². The van der Waals surface area contributed by atoms with Crippen LogP contribution in [0.3, 0.4) is 0 Å². The molecule has 1 saturated heterocycles. The molecule has 0 spiro atoms. The second kappa shape index (κ2) is 6.47. The number of amides is 1. The molecular weight excluding hydrogens is 290 g/mol. The minimum Gasteiger partial charge on any atom is -0.508 e. The van der Waals surface area contributed by atoms with Gasteiger partial charge in [-0.2, -0.15) is 0 Å². The van der Waals surface area contributed by atoms with Gasteiger partial charge in [0.15, 0.2) is 9.84 Å². The number of hydrogen-bond acceptors (Lipinski definition) is 4. The van der Waals surface area contributed by atoms with Crippen molar-refractivity contribution in [1.82, 2.24) is 4.90 Å². The predicted octanol–water partition coefficient (Wildman–Crippen LogP) is 1.96. The Balaban J connectivity index is 2.18. The number of aromatic hydroxyl groups is 1. The summed E-state index contributed by atoms with van der Waals surface area (Å²) in [7, 11) is -3.72. The fourth-order valence-corrected chi connectivity index (χ4v) is 3.86. The van der Waals surface area contributed by atoms with Crippen LogP contribution in [0.4, 0.5) is 0 Å². The van der Waals surface area contributed by atoms with E-state index in [1.165, 1.54) is 31.2 Å². The van der Waals surface area contributed by atoms with E-state index in [1.807, 2.05) is 0 Å². The third-order valence-corrected chi connectivity index (χ3v) is 5.96. The molecule has 0 radical (unpaired) electrons. The van der Waals surface area contributed by atoms with E-state index in [1.54, 1.807) is 4.90 Å². The van der Waals surface area contributed by atoms with Crippen LogP contribution in [0.25, 0.3) is 0 Å². The Morgan fingerprint density at radius 2 is 1.62 bits per heavy atom. The van der Waals surface area contributed by atoms with E-state index in [0.29, 0.717) is 13.1 Å². The van der Waals surface area contributed by atoms with Gasteiger partial charge in [0.25, 0.3) is 0 Å². The number of sulfone groups is 1. The van der Waals surface area contributed by atoms with Crippen molar-refractivity contribution in [3.05, 3.63) is 24.3 Å². The van der Waals surface area contributed by atoms with E-state index in [2.05, 4.69) is 0 Å². The molecule has 0 aromatic heterocycles. The first-order chi connectivity index (χ1) is 9.93. The largest absolute Gasteiger partial charge is 0.508 e. The van der Waals surface area contributed by atoms with Crippen molar-refractivity contribution in [2.45, 2.75) is 42.8 Å². The summed E-state index contributed by atoms with van der Waals surface area (Å²) in [6, 6.07) is 5.29. The van der Waals surface area contributed by atoms with Gasteiger partial charge in [0.2, 0.25) is 5.91 Å². The standard InChI is InChI=1S/C15H21NO4S/c1-12(15(18)16-10-4-2-3-5-11-16)21(19,20)14-8-6-13(17)7-9-14/h6-9,12,17H,2-5,10-11H2,1H3/t12-/m1/s1. The lowest BCUT2D eigenvalue weighted by Crippen LogP contribution is -2.42. The van der Waals surface area contributed by atoms with Crippen LogP contribution >= 0.6 is 0 Å². The predicted molar refractivity (Wildman–Crippen MR) is 79.8 cm³/mol. The number of carbonyl (C=O) groups is 1. The molecule has 6 heteroatoms. The molecule has 0 unspecified atom stereocenters. The van der Waals surface area contributed by atoms with Gasteiger partial charge >= 0.3 is 0 Å². The minimum atomic E-state index is -3.72. The summed E-state index contributed by atoms with van der Waals surface area (Å²) in [6.07, 6.45) is 4.03. The monoisotopic (exact) mass is 311 g/mol. The van der Waals surface area contributed by atoms with Crippen LogP contribution in [0.5, 0.6) is 5.75 Å². The highest BCUT2D eigenvalue weighted by molar-refractivity contribution is 7.92. The van der Waals surface area contributed by atoms with Crippen LogP contribution in [0.2, 0.25) is 0 Å². The van der Waals surface area contributed by atoms with Gasteiger partial charge in [-0.25, -0.2) is 8.42 Å². The summed E-state index contributed by atoms with van der Waals surface area (Å²) in [5.41, 5.74) is 0. The number of hydrogen-bond donors (Lipinski definition) is 1. The fourth-order valence-electron chi connectivity index (χ4n) is 2.52. The van der Waals surface area contributed by atoms with Gasteiger partial charge in [-0.15, -0.1) is 0 Å². The van der Waals surface area contributed by atoms with Crippen LogP contribution < -0.4 is 0 Å². The van der Waals surface area contributed by atoms with Crippen molar-refractivity contribution < 1.29 is 18.3 Å². The van der Waals surface area contributed by atoms with Crippen LogP contribution in [-0.4, -0.2) is 42.7 Å². The lowest BCUT2D eigenvalue weighted by molar-refractivity contribution is -0.130. The molecule has 1 aliphatic rings. The second-order valence-corrected chi connectivity index (χ2v) is 7.69. The molecule has 1 aromatic rings. The van der Waals surface area contributed by atoms with Gasteiger partial charge in [0, 0.05) is 13.1 Å². The molecule has 0 saturated carbocycles. The first-order valence-corrected chi connectivity index (χ1v) is 8.79. The number of likely N-dealkylation sites (tertiary alicyclic amines) is 1. The highest BCUT2D eigenvalue weighted by Crippen LogP contribution is 2.21. The van der Waals surface area contributed by atoms with Gasteiger partial charge in [-0.3, -0.25) is 4.79 Å². The molecule has 21 heavy (non-hydrogen) atoms. The number of phenols is 1. The van der Waals surface area contributed by atoms with E-state index in [4.69, 9.17) is 0 Å². The van der Waals surface area contributed by atoms with E-state index in [0.717, 1.165) is 25.7 Å². The maximum atomic E-state index is 12.5. The molecule has 2 rings (SSSR count). The summed E-state index contributed by atoms with van der Waals surface area (Å²) >= 11 is 0. The SMILES string of the molecule is C[C@H](C(=O)N1CCCCCC1)S(=O)(=O)c1ccc(O)cc1.